The summed E-state index contributed by atoms with van der Waals surface area (Å²) in [6.07, 6.45) is 0.226. The molecule has 1 amide bonds. The lowest BCUT2D eigenvalue weighted by atomic mass is 10.3. The number of aliphatic hydroxyl groups excluding tert-OH is 1. The van der Waals surface area contributed by atoms with Gasteiger partial charge in [-0.05, 0) is 37.6 Å². The van der Waals surface area contributed by atoms with Crippen molar-refractivity contribution in [2.45, 2.75) is 24.3 Å². The van der Waals surface area contributed by atoms with Crippen molar-refractivity contribution in [2.24, 2.45) is 0 Å². The predicted molar refractivity (Wildman–Crippen MR) is 74.2 cm³/mol. The van der Waals surface area contributed by atoms with Gasteiger partial charge in [-0.25, -0.2) is 0 Å². The van der Waals surface area contributed by atoms with Crippen LogP contribution in [-0.2, 0) is 4.79 Å². The van der Waals surface area contributed by atoms with E-state index in [9.17, 15) is 4.79 Å². The Balaban J connectivity index is 2.21. The maximum Gasteiger partial charge on any atom is 0.230 e. The van der Waals surface area contributed by atoms with Crippen LogP contribution in [0.2, 0.25) is 0 Å². The Bertz CT molecular complexity index is 354. The number of carbonyl (C=O) groups is 1. The first kappa shape index (κ1) is 14.5. The molecule has 1 unspecified atom stereocenters. The number of hydrogen-bond acceptors (Lipinski definition) is 3. The molecule has 0 aliphatic rings. The van der Waals surface area contributed by atoms with Crippen LogP contribution in [-0.4, -0.2) is 29.4 Å². The van der Waals surface area contributed by atoms with E-state index in [1.165, 1.54) is 11.8 Å². The fourth-order valence-electron chi connectivity index (χ4n) is 1.15. The van der Waals surface area contributed by atoms with Gasteiger partial charge in [0.1, 0.15) is 0 Å². The summed E-state index contributed by atoms with van der Waals surface area (Å²) in [6, 6.07) is 7.84. The molecule has 1 aromatic carbocycles. The second-order valence-corrected chi connectivity index (χ2v) is 5.69. The van der Waals surface area contributed by atoms with Crippen LogP contribution in [0.3, 0.4) is 0 Å². The van der Waals surface area contributed by atoms with Gasteiger partial charge in [-0.2, -0.15) is 0 Å². The topological polar surface area (TPSA) is 49.3 Å². The van der Waals surface area contributed by atoms with Gasteiger partial charge in [0.05, 0.1) is 11.9 Å². The molecule has 0 aliphatic carbocycles. The summed E-state index contributed by atoms with van der Waals surface area (Å²) in [7, 11) is 0. The van der Waals surface area contributed by atoms with E-state index < -0.39 is 0 Å². The molecule has 2 N–H and O–H groups in total. The standard InChI is InChI=1S/C12H16BrNO2S/c1-9(15)6-7-14-12(16)8-17-11-4-2-10(13)3-5-11/h2-5,9,15H,6-8H2,1H3,(H,14,16). The number of aliphatic hydroxyl groups is 1. The van der Waals surface area contributed by atoms with Crippen LogP contribution in [0.4, 0.5) is 0 Å². The molecule has 0 fully saturated rings. The Morgan fingerprint density at radius 2 is 2.12 bits per heavy atom. The minimum absolute atomic E-state index is 0.00133. The molecule has 0 aromatic heterocycles. The van der Waals surface area contributed by atoms with Crippen molar-refractivity contribution in [1.82, 2.24) is 5.32 Å². The first-order valence-corrected chi connectivity index (χ1v) is 7.19. The second kappa shape index (κ2) is 7.74. The van der Waals surface area contributed by atoms with Crippen molar-refractivity contribution in [2.75, 3.05) is 12.3 Å². The second-order valence-electron chi connectivity index (χ2n) is 3.73. The number of carbonyl (C=O) groups excluding carboxylic acids is 1. The van der Waals surface area contributed by atoms with E-state index in [-0.39, 0.29) is 12.0 Å². The van der Waals surface area contributed by atoms with Crippen molar-refractivity contribution in [3.8, 4) is 0 Å². The smallest absolute Gasteiger partial charge is 0.230 e. The molecule has 0 spiro atoms. The fraction of sp³-hybridized carbons (Fsp3) is 0.417. The number of amides is 1. The van der Waals surface area contributed by atoms with Crippen LogP contribution in [0.25, 0.3) is 0 Å². The van der Waals surface area contributed by atoms with Crippen LogP contribution < -0.4 is 5.32 Å². The molecule has 0 bridgehead atoms. The lowest BCUT2D eigenvalue weighted by Gasteiger charge is -2.06. The highest BCUT2D eigenvalue weighted by atomic mass is 79.9. The molecule has 1 aromatic rings. The number of nitrogens with one attached hydrogen (secondary N) is 1. The number of benzene rings is 1. The van der Waals surface area contributed by atoms with Gasteiger partial charge in [-0.1, -0.05) is 15.9 Å². The molecule has 0 saturated carbocycles. The monoisotopic (exact) mass is 317 g/mol. The Labute approximate surface area is 114 Å². The molecule has 94 valence electrons. The molecule has 3 nitrogen and oxygen atoms in total. The van der Waals surface area contributed by atoms with Crippen molar-refractivity contribution < 1.29 is 9.90 Å². The summed E-state index contributed by atoms with van der Waals surface area (Å²) in [4.78, 5) is 12.5. The van der Waals surface area contributed by atoms with Crippen LogP contribution in [0, 0.1) is 0 Å². The minimum atomic E-state index is -0.366. The molecule has 0 heterocycles. The van der Waals surface area contributed by atoms with Gasteiger partial charge in [-0.15, -0.1) is 11.8 Å². The van der Waals surface area contributed by atoms with Gasteiger partial charge in [0.2, 0.25) is 5.91 Å². The quantitative estimate of drug-likeness (QED) is 0.792. The lowest BCUT2D eigenvalue weighted by Crippen LogP contribution is -2.27. The van der Waals surface area contributed by atoms with Crippen LogP contribution in [0.5, 0.6) is 0 Å². The minimum Gasteiger partial charge on any atom is -0.393 e. The lowest BCUT2D eigenvalue weighted by molar-refractivity contribution is -0.118. The van der Waals surface area contributed by atoms with Gasteiger partial charge in [0, 0.05) is 15.9 Å². The summed E-state index contributed by atoms with van der Waals surface area (Å²) >= 11 is 4.86. The molecule has 1 rings (SSSR count). The van der Waals surface area contributed by atoms with Crippen molar-refractivity contribution in [1.29, 1.82) is 0 Å². The highest BCUT2D eigenvalue weighted by molar-refractivity contribution is 9.10. The van der Waals surface area contributed by atoms with Gasteiger partial charge < -0.3 is 10.4 Å². The Morgan fingerprint density at radius 1 is 1.47 bits per heavy atom. The third-order valence-electron chi connectivity index (χ3n) is 2.07. The van der Waals surface area contributed by atoms with Gasteiger partial charge in [0.25, 0.3) is 0 Å². The largest absolute Gasteiger partial charge is 0.393 e. The maximum absolute atomic E-state index is 11.4. The van der Waals surface area contributed by atoms with E-state index in [4.69, 9.17) is 5.11 Å². The summed E-state index contributed by atoms with van der Waals surface area (Å²) in [5.74, 6) is 0.403. The Morgan fingerprint density at radius 3 is 2.71 bits per heavy atom. The Kier molecular flexibility index (Phi) is 6.62. The molecule has 17 heavy (non-hydrogen) atoms. The number of thioether (sulfide) groups is 1. The number of rotatable bonds is 6. The Hall–Kier alpha value is -0.520. The molecular weight excluding hydrogens is 302 g/mol. The molecule has 0 saturated heterocycles. The average molecular weight is 318 g/mol. The first-order chi connectivity index (χ1) is 8.08. The summed E-state index contributed by atoms with van der Waals surface area (Å²) in [5, 5.41) is 11.8. The SMILES string of the molecule is CC(O)CCNC(=O)CSc1ccc(Br)cc1. The zero-order valence-corrected chi connectivity index (χ0v) is 12.1. The van der Waals surface area contributed by atoms with Crippen molar-refractivity contribution in [3.05, 3.63) is 28.7 Å². The van der Waals surface area contributed by atoms with Crippen LogP contribution >= 0.6 is 27.7 Å². The third kappa shape index (κ3) is 6.71. The van der Waals surface area contributed by atoms with E-state index in [2.05, 4.69) is 21.2 Å². The summed E-state index contributed by atoms with van der Waals surface area (Å²) in [5.41, 5.74) is 0. The fourth-order valence-corrected chi connectivity index (χ4v) is 2.14. The molecule has 1 atom stereocenters. The molecule has 5 heteroatoms. The third-order valence-corrected chi connectivity index (χ3v) is 3.61. The summed E-state index contributed by atoms with van der Waals surface area (Å²) in [6.45, 7) is 2.24. The summed E-state index contributed by atoms with van der Waals surface area (Å²) < 4.78 is 1.03. The highest BCUT2D eigenvalue weighted by Gasteiger charge is 2.03. The van der Waals surface area contributed by atoms with Crippen molar-refractivity contribution in [3.63, 3.8) is 0 Å². The van der Waals surface area contributed by atoms with Crippen LogP contribution in [0.1, 0.15) is 13.3 Å². The highest BCUT2D eigenvalue weighted by Crippen LogP contribution is 2.20. The van der Waals surface area contributed by atoms with E-state index in [1.54, 1.807) is 6.92 Å². The number of hydrogen-bond donors (Lipinski definition) is 2. The molecular formula is C12H16BrNO2S. The van der Waals surface area contributed by atoms with E-state index in [1.807, 2.05) is 24.3 Å². The molecule has 0 aliphatic heterocycles. The average Bonchev–Trinajstić information content (AvgIpc) is 2.28. The predicted octanol–water partition coefficient (Wildman–Crippen LogP) is 2.43. The van der Waals surface area contributed by atoms with Gasteiger partial charge >= 0.3 is 0 Å². The number of halogens is 1. The van der Waals surface area contributed by atoms with Gasteiger partial charge in [-0.3, -0.25) is 4.79 Å². The zero-order valence-electron chi connectivity index (χ0n) is 9.65. The van der Waals surface area contributed by atoms with Crippen molar-refractivity contribution >= 4 is 33.6 Å². The van der Waals surface area contributed by atoms with E-state index in [0.29, 0.717) is 18.7 Å². The van der Waals surface area contributed by atoms with Gasteiger partial charge in [0.15, 0.2) is 0 Å². The van der Waals surface area contributed by atoms with E-state index >= 15 is 0 Å². The van der Waals surface area contributed by atoms with Crippen LogP contribution in [0.15, 0.2) is 33.6 Å². The van der Waals surface area contributed by atoms with E-state index in [0.717, 1.165) is 9.37 Å². The zero-order chi connectivity index (χ0) is 12.7. The first-order valence-electron chi connectivity index (χ1n) is 5.41. The maximum atomic E-state index is 11.4. The normalized spacial score (nSPS) is 12.2. The molecule has 0 radical (unpaired) electrons.